The van der Waals surface area contributed by atoms with Crippen molar-refractivity contribution in [3.8, 4) is 11.5 Å². The molecule has 3 aromatic rings. The molecule has 0 amide bonds. The molecule has 0 radical (unpaired) electrons. The van der Waals surface area contributed by atoms with Crippen LogP contribution in [0.5, 0.6) is 11.5 Å². The maximum absolute atomic E-state index is 9.58. The van der Waals surface area contributed by atoms with E-state index >= 15 is 0 Å². The molecule has 1 N–H and O–H groups in total. The predicted octanol–water partition coefficient (Wildman–Crippen LogP) is 5.36. The summed E-state index contributed by atoms with van der Waals surface area (Å²) in [5, 5.41) is 0. The molecule has 4 heteroatoms. The van der Waals surface area contributed by atoms with E-state index in [1.165, 1.54) is 5.56 Å². The fourth-order valence-corrected chi connectivity index (χ4v) is 2.34. The number of hydrogen-bond donors (Lipinski definition) is 1. The Morgan fingerprint density at radius 2 is 0.957 bits per heavy atom. The van der Waals surface area contributed by atoms with Crippen molar-refractivity contribution in [1.29, 1.82) is 0 Å². The lowest BCUT2D eigenvalue weighted by Gasteiger charge is -2.11. The summed E-state index contributed by atoms with van der Waals surface area (Å²) in [4.78, 5) is 9.58. The molecule has 3 rings (SSSR count). The van der Waals surface area contributed by atoms with Gasteiger partial charge in [0.1, 0.15) is 11.5 Å². The highest BCUT2D eigenvalue weighted by Gasteiger charge is 2.10. The van der Waals surface area contributed by atoms with Gasteiger partial charge in [-0.3, -0.25) is 0 Å². The fraction of sp³-hybridized carbons (Fsp3) is 0.0526. The molecular formula is C19H19O3P. The summed E-state index contributed by atoms with van der Waals surface area (Å²) in [6, 6.07) is 28.4. The minimum atomic E-state index is -1.93. The lowest BCUT2D eigenvalue weighted by Crippen LogP contribution is -1.93. The van der Waals surface area contributed by atoms with Crippen molar-refractivity contribution in [2.24, 2.45) is 0 Å². The van der Waals surface area contributed by atoms with Gasteiger partial charge < -0.3 is 13.9 Å². The SMILES string of the molecule is Cc1ccccc1.OP(Oc1ccccc1)Oc1ccccc1. The fourth-order valence-electron chi connectivity index (χ4n) is 1.70. The molecule has 3 nitrogen and oxygen atoms in total. The zero-order chi connectivity index (χ0) is 16.3. The zero-order valence-corrected chi connectivity index (χ0v) is 13.8. The van der Waals surface area contributed by atoms with Crippen LogP contribution in [0, 0.1) is 6.92 Å². The summed E-state index contributed by atoms with van der Waals surface area (Å²) in [6.45, 7) is 2.08. The highest BCUT2D eigenvalue weighted by atomic mass is 31.2. The van der Waals surface area contributed by atoms with Gasteiger partial charge >= 0.3 is 8.60 Å². The quantitative estimate of drug-likeness (QED) is 0.656. The smallest absolute Gasteiger partial charge is 0.418 e. The topological polar surface area (TPSA) is 38.7 Å². The zero-order valence-electron chi connectivity index (χ0n) is 12.9. The molecule has 0 atom stereocenters. The van der Waals surface area contributed by atoms with Gasteiger partial charge in [0.05, 0.1) is 0 Å². The van der Waals surface area contributed by atoms with Crippen LogP contribution in [0.2, 0.25) is 0 Å². The van der Waals surface area contributed by atoms with Gasteiger partial charge in [0.2, 0.25) is 0 Å². The van der Waals surface area contributed by atoms with E-state index in [9.17, 15) is 4.89 Å². The number of aryl methyl sites for hydroxylation is 1. The molecule has 3 aromatic carbocycles. The van der Waals surface area contributed by atoms with Crippen LogP contribution >= 0.6 is 8.60 Å². The van der Waals surface area contributed by atoms with E-state index in [4.69, 9.17) is 9.05 Å². The van der Waals surface area contributed by atoms with Gasteiger partial charge in [-0.15, -0.1) is 0 Å². The molecule has 0 aromatic heterocycles. The Labute approximate surface area is 138 Å². The Hall–Kier alpha value is -2.35. The molecular weight excluding hydrogens is 307 g/mol. The van der Waals surface area contributed by atoms with Gasteiger partial charge in [-0.25, -0.2) is 0 Å². The molecule has 0 saturated heterocycles. The van der Waals surface area contributed by atoms with E-state index in [0.717, 1.165) is 0 Å². The summed E-state index contributed by atoms with van der Waals surface area (Å²) in [5.74, 6) is 1.18. The van der Waals surface area contributed by atoms with Crippen molar-refractivity contribution < 1.29 is 13.9 Å². The first-order valence-electron chi connectivity index (χ1n) is 7.21. The second kappa shape index (κ2) is 9.62. The number of para-hydroxylation sites is 2. The van der Waals surface area contributed by atoms with Gasteiger partial charge in [-0.2, -0.15) is 0 Å². The third-order valence-electron chi connectivity index (χ3n) is 2.79. The van der Waals surface area contributed by atoms with E-state index in [2.05, 4.69) is 19.1 Å². The van der Waals surface area contributed by atoms with Crippen LogP contribution in [0.1, 0.15) is 5.56 Å². The Bertz CT molecular complexity index is 618. The van der Waals surface area contributed by atoms with Crippen LogP contribution in [-0.4, -0.2) is 4.89 Å². The summed E-state index contributed by atoms with van der Waals surface area (Å²) < 4.78 is 10.4. The molecule has 0 spiro atoms. The van der Waals surface area contributed by atoms with E-state index < -0.39 is 8.60 Å². The van der Waals surface area contributed by atoms with Crippen molar-refractivity contribution >= 4 is 8.60 Å². The first kappa shape index (κ1) is 17.0. The van der Waals surface area contributed by atoms with E-state index in [-0.39, 0.29) is 0 Å². The predicted molar refractivity (Wildman–Crippen MR) is 94.5 cm³/mol. The van der Waals surface area contributed by atoms with Crippen LogP contribution in [-0.2, 0) is 0 Å². The Morgan fingerprint density at radius 3 is 1.26 bits per heavy atom. The molecule has 0 heterocycles. The van der Waals surface area contributed by atoms with Gasteiger partial charge in [0.25, 0.3) is 0 Å². The van der Waals surface area contributed by atoms with Gasteiger partial charge in [0.15, 0.2) is 0 Å². The molecule has 0 fully saturated rings. The van der Waals surface area contributed by atoms with Crippen LogP contribution in [0.3, 0.4) is 0 Å². The van der Waals surface area contributed by atoms with Crippen LogP contribution in [0.15, 0.2) is 91.0 Å². The maximum Gasteiger partial charge on any atom is 0.460 e. The third kappa shape index (κ3) is 6.96. The molecule has 0 saturated carbocycles. The van der Waals surface area contributed by atoms with E-state index in [1.807, 2.05) is 54.6 Å². The monoisotopic (exact) mass is 326 g/mol. The molecule has 0 aliphatic carbocycles. The largest absolute Gasteiger partial charge is 0.460 e. The van der Waals surface area contributed by atoms with Crippen LogP contribution < -0.4 is 9.05 Å². The van der Waals surface area contributed by atoms with Crippen molar-refractivity contribution in [1.82, 2.24) is 0 Å². The number of rotatable bonds is 4. The minimum Gasteiger partial charge on any atom is -0.418 e. The first-order chi connectivity index (χ1) is 11.2. The van der Waals surface area contributed by atoms with Crippen molar-refractivity contribution in [2.75, 3.05) is 0 Å². The average molecular weight is 326 g/mol. The lowest BCUT2D eigenvalue weighted by atomic mass is 10.2. The third-order valence-corrected chi connectivity index (χ3v) is 3.53. The summed E-state index contributed by atoms with van der Waals surface area (Å²) in [6.07, 6.45) is 0. The average Bonchev–Trinajstić information content (AvgIpc) is 2.58. The Balaban J connectivity index is 0.000000229. The summed E-state index contributed by atoms with van der Waals surface area (Å²) in [7, 11) is -1.93. The standard InChI is InChI=1S/C12H11O3P.C7H8/c13-16(14-11-7-3-1-4-8-11)15-12-9-5-2-6-10-12;1-7-5-3-2-4-6-7/h1-10,13H;2-6H,1H3. The van der Waals surface area contributed by atoms with Gasteiger partial charge in [-0.05, 0) is 31.2 Å². The number of benzene rings is 3. The summed E-state index contributed by atoms with van der Waals surface area (Å²) >= 11 is 0. The number of hydrogen-bond acceptors (Lipinski definition) is 3. The van der Waals surface area contributed by atoms with Crippen molar-refractivity contribution in [2.45, 2.75) is 6.92 Å². The van der Waals surface area contributed by atoms with E-state index in [0.29, 0.717) is 11.5 Å². The highest BCUT2D eigenvalue weighted by Crippen LogP contribution is 2.35. The Kier molecular flexibility index (Phi) is 7.12. The van der Waals surface area contributed by atoms with Crippen LogP contribution in [0.25, 0.3) is 0 Å². The highest BCUT2D eigenvalue weighted by molar-refractivity contribution is 7.41. The summed E-state index contributed by atoms with van der Waals surface area (Å²) in [5.41, 5.74) is 1.32. The molecule has 23 heavy (non-hydrogen) atoms. The lowest BCUT2D eigenvalue weighted by molar-refractivity contribution is 0.382. The first-order valence-corrected chi connectivity index (χ1v) is 8.34. The van der Waals surface area contributed by atoms with Crippen molar-refractivity contribution in [3.05, 3.63) is 96.6 Å². The van der Waals surface area contributed by atoms with E-state index in [1.54, 1.807) is 24.3 Å². The van der Waals surface area contributed by atoms with Gasteiger partial charge in [-0.1, -0.05) is 72.3 Å². The molecule has 0 aliphatic rings. The van der Waals surface area contributed by atoms with Gasteiger partial charge in [0, 0.05) is 0 Å². The Morgan fingerprint density at radius 1 is 0.609 bits per heavy atom. The second-order valence-electron chi connectivity index (χ2n) is 4.70. The normalized spacial score (nSPS) is 9.70. The second-order valence-corrected chi connectivity index (χ2v) is 5.54. The van der Waals surface area contributed by atoms with Crippen molar-refractivity contribution in [3.63, 3.8) is 0 Å². The minimum absolute atomic E-state index is 0.590. The molecule has 0 bridgehead atoms. The molecule has 0 aliphatic heterocycles. The molecule has 118 valence electrons. The maximum atomic E-state index is 9.58. The van der Waals surface area contributed by atoms with Crippen LogP contribution in [0.4, 0.5) is 0 Å². The molecule has 0 unspecified atom stereocenters.